The number of rotatable bonds is 8. The number of likely N-dealkylation sites (tertiary alicyclic amines) is 1. The minimum Gasteiger partial charge on any atom is -0.463 e. The van der Waals surface area contributed by atoms with Crippen LogP contribution in [0.25, 0.3) is 10.9 Å². The van der Waals surface area contributed by atoms with Crippen molar-refractivity contribution in [3.8, 4) is 6.01 Å². The summed E-state index contributed by atoms with van der Waals surface area (Å²) in [6.07, 6.45) is 0.908. The smallest absolute Gasteiger partial charge is 0.418 e. The number of halogens is 3. The summed E-state index contributed by atoms with van der Waals surface area (Å²) in [5.74, 6) is 0.614. The van der Waals surface area contributed by atoms with Crippen LogP contribution in [0, 0.1) is 0 Å². The van der Waals surface area contributed by atoms with Crippen LogP contribution in [-0.4, -0.2) is 107 Å². The number of alkyl halides is 3. The monoisotopic (exact) mass is 612 g/mol. The van der Waals surface area contributed by atoms with Gasteiger partial charge in [0.25, 0.3) is 0 Å². The second kappa shape index (κ2) is 11.5. The third-order valence-corrected chi connectivity index (χ3v) is 9.14. The van der Waals surface area contributed by atoms with Crippen LogP contribution in [0.1, 0.15) is 29.7 Å². The van der Waals surface area contributed by atoms with Crippen molar-refractivity contribution in [3.05, 3.63) is 47.8 Å². The second-order valence-electron chi connectivity index (χ2n) is 11.8. The molecule has 0 spiro atoms. The number of hydrogen-bond donors (Lipinski definition) is 1. The molecule has 0 unspecified atom stereocenters. The summed E-state index contributed by atoms with van der Waals surface area (Å²) in [6.45, 7) is 9.33. The van der Waals surface area contributed by atoms with Crippen molar-refractivity contribution in [3.63, 3.8) is 0 Å². The van der Waals surface area contributed by atoms with E-state index < -0.39 is 11.7 Å². The van der Waals surface area contributed by atoms with Crippen LogP contribution in [-0.2, 0) is 28.7 Å². The predicted octanol–water partition coefficient (Wildman–Crippen LogP) is 3.01. The molecule has 1 amide bonds. The number of carbonyl (C=O) groups excluding carboxylic acids is 1. The Morgan fingerprint density at radius 1 is 1.16 bits per heavy atom. The molecule has 3 saturated heterocycles. The van der Waals surface area contributed by atoms with Gasteiger partial charge in [0.15, 0.2) is 0 Å². The third-order valence-electron chi connectivity index (χ3n) is 9.14. The van der Waals surface area contributed by atoms with Gasteiger partial charge in [-0.3, -0.25) is 14.8 Å². The Morgan fingerprint density at radius 2 is 2.00 bits per heavy atom. The molecule has 6 heterocycles. The first-order valence-corrected chi connectivity index (χ1v) is 15.1. The van der Waals surface area contributed by atoms with E-state index >= 15 is 0 Å². The van der Waals surface area contributed by atoms with E-state index in [0.717, 1.165) is 50.0 Å². The number of carbonyl (C=O) groups is 1. The number of anilines is 2. The van der Waals surface area contributed by atoms with Crippen LogP contribution in [0.15, 0.2) is 31.0 Å². The van der Waals surface area contributed by atoms with Gasteiger partial charge in [-0.2, -0.15) is 28.2 Å². The molecule has 3 aromatic rings. The fourth-order valence-electron chi connectivity index (χ4n) is 6.93. The van der Waals surface area contributed by atoms with Gasteiger partial charge in [-0.05, 0) is 37.5 Å². The molecule has 0 radical (unpaired) electrons. The number of H-pyrrole nitrogens is 1. The van der Waals surface area contributed by atoms with E-state index in [1.807, 2.05) is 0 Å². The lowest BCUT2D eigenvalue weighted by Crippen LogP contribution is -2.49. The highest BCUT2D eigenvalue weighted by Crippen LogP contribution is 2.42. The van der Waals surface area contributed by atoms with Crippen molar-refractivity contribution < 1.29 is 27.4 Å². The Labute approximate surface area is 252 Å². The SMILES string of the molecule is C=CC(=O)N1CCN(c2nc(OCCCN3C[C@@H]4C[C@H]3CO4)nc3c2CCN(c2c(C(F)(F)F)ccc4[nH]ncc24)C3)CC1. The number of aromatic amines is 1. The van der Waals surface area contributed by atoms with Gasteiger partial charge in [0.2, 0.25) is 5.91 Å². The Morgan fingerprint density at radius 3 is 2.73 bits per heavy atom. The van der Waals surface area contributed by atoms with Gasteiger partial charge in [0.1, 0.15) is 5.82 Å². The Bertz CT molecular complexity index is 1550. The van der Waals surface area contributed by atoms with Crippen LogP contribution < -0.4 is 14.5 Å². The molecule has 4 aliphatic heterocycles. The molecule has 234 valence electrons. The first-order chi connectivity index (χ1) is 21.3. The van der Waals surface area contributed by atoms with E-state index in [1.54, 1.807) is 9.80 Å². The molecule has 0 aliphatic carbocycles. The predicted molar refractivity (Wildman–Crippen MR) is 157 cm³/mol. The van der Waals surface area contributed by atoms with Gasteiger partial charge in [0, 0.05) is 62.8 Å². The van der Waals surface area contributed by atoms with E-state index in [1.165, 1.54) is 18.3 Å². The molecule has 14 heteroatoms. The van der Waals surface area contributed by atoms with Gasteiger partial charge < -0.3 is 24.2 Å². The first kappa shape index (κ1) is 28.8. The average molecular weight is 613 g/mol. The van der Waals surface area contributed by atoms with Gasteiger partial charge in [-0.1, -0.05) is 6.58 Å². The summed E-state index contributed by atoms with van der Waals surface area (Å²) in [7, 11) is 0. The highest BCUT2D eigenvalue weighted by molar-refractivity contribution is 5.94. The number of aromatic nitrogens is 4. The molecule has 2 aromatic heterocycles. The number of amides is 1. The highest BCUT2D eigenvalue weighted by Gasteiger charge is 2.39. The number of morpholine rings is 1. The number of piperazine rings is 1. The number of nitrogens with one attached hydrogen (secondary N) is 1. The van der Waals surface area contributed by atoms with E-state index in [0.29, 0.717) is 74.5 Å². The molecule has 4 aliphatic rings. The topological polar surface area (TPSA) is 103 Å². The molecular formula is C30H35F3N8O3. The summed E-state index contributed by atoms with van der Waals surface area (Å²) in [6, 6.07) is 3.21. The number of benzene rings is 1. The van der Waals surface area contributed by atoms with Crippen molar-refractivity contribution in [1.82, 2.24) is 30.0 Å². The molecule has 1 aromatic carbocycles. The zero-order chi connectivity index (χ0) is 30.4. The number of nitrogens with zero attached hydrogens (tertiary/aromatic N) is 7. The molecule has 3 fully saturated rings. The van der Waals surface area contributed by atoms with Crippen molar-refractivity contribution >= 4 is 28.3 Å². The maximum atomic E-state index is 14.2. The minimum absolute atomic E-state index is 0.0949. The summed E-state index contributed by atoms with van der Waals surface area (Å²) < 4.78 is 54.4. The zero-order valence-electron chi connectivity index (χ0n) is 24.4. The van der Waals surface area contributed by atoms with Crippen molar-refractivity contribution in [2.45, 2.75) is 44.1 Å². The number of fused-ring (bicyclic) bond motifs is 4. The van der Waals surface area contributed by atoms with Crippen LogP contribution in [0.5, 0.6) is 6.01 Å². The average Bonchev–Trinajstić information content (AvgIpc) is 3.79. The minimum atomic E-state index is -4.53. The lowest BCUT2D eigenvalue weighted by molar-refractivity contribution is -0.137. The lowest BCUT2D eigenvalue weighted by atomic mass is 10.0. The fourth-order valence-corrected chi connectivity index (χ4v) is 6.93. The Hall–Kier alpha value is -3.91. The molecule has 11 nitrogen and oxygen atoms in total. The van der Waals surface area contributed by atoms with Crippen molar-refractivity contribution in [1.29, 1.82) is 0 Å². The van der Waals surface area contributed by atoms with Gasteiger partial charge in [-0.25, -0.2) is 0 Å². The van der Waals surface area contributed by atoms with Gasteiger partial charge in [-0.15, -0.1) is 0 Å². The number of hydrogen-bond acceptors (Lipinski definition) is 9. The van der Waals surface area contributed by atoms with Crippen molar-refractivity contribution in [2.75, 3.05) is 68.8 Å². The molecule has 2 bridgehead atoms. The van der Waals surface area contributed by atoms with Gasteiger partial charge in [0.05, 0.1) is 54.5 Å². The maximum absolute atomic E-state index is 14.2. The molecular weight excluding hydrogens is 577 g/mol. The molecule has 2 atom stereocenters. The second-order valence-corrected chi connectivity index (χ2v) is 11.8. The Kier molecular flexibility index (Phi) is 7.57. The maximum Gasteiger partial charge on any atom is 0.418 e. The van der Waals surface area contributed by atoms with E-state index in [2.05, 4.69) is 26.6 Å². The van der Waals surface area contributed by atoms with Crippen LogP contribution in [0.2, 0.25) is 0 Å². The normalized spacial score (nSPS) is 22.1. The molecule has 0 saturated carbocycles. The summed E-state index contributed by atoms with van der Waals surface area (Å²) in [5, 5.41) is 7.21. The van der Waals surface area contributed by atoms with Crippen molar-refractivity contribution in [2.24, 2.45) is 0 Å². The molecule has 1 N–H and O–H groups in total. The molecule has 7 rings (SSSR count). The largest absolute Gasteiger partial charge is 0.463 e. The Balaban J connectivity index is 1.15. The summed E-state index contributed by atoms with van der Waals surface area (Å²) in [5.41, 5.74) is 1.47. The van der Waals surface area contributed by atoms with E-state index in [4.69, 9.17) is 19.4 Å². The van der Waals surface area contributed by atoms with E-state index in [-0.39, 0.29) is 24.1 Å². The highest BCUT2D eigenvalue weighted by atomic mass is 19.4. The first-order valence-electron chi connectivity index (χ1n) is 15.1. The third kappa shape index (κ3) is 5.45. The zero-order valence-corrected chi connectivity index (χ0v) is 24.4. The fraction of sp³-hybridized carbons (Fsp3) is 0.533. The molecule has 44 heavy (non-hydrogen) atoms. The van der Waals surface area contributed by atoms with Gasteiger partial charge >= 0.3 is 12.2 Å². The quantitative estimate of drug-likeness (QED) is 0.304. The van der Waals surface area contributed by atoms with E-state index in [9.17, 15) is 18.0 Å². The van der Waals surface area contributed by atoms with Crippen LogP contribution >= 0.6 is 0 Å². The standard InChI is InChI=1S/C30H35F3N8O3/c1-2-26(42)38-9-11-39(12-10-38)28-21-6-8-41(27-22-15-34-37-24(22)5-4-23(27)30(31,32)33)17-25(21)35-29(36-28)43-13-3-7-40-16-20-14-19(40)18-44-20/h2,4-5,15,19-20H,1,3,6-14,16-18H2,(H,34,37)/t19-,20-/m0/s1. The van der Waals surface area contributed by atoms with Crippen LogP contribution in [0.3, 0.4) is 0 Å². The lowest BCUT2D eigenvalue weighted by Gasteiger charge is -2.38. The van der Waals surface area contributed by atoms with Crippen LogP contribution in [0.4, 0.5) is 24.7 Å². The number of ether oxygens (including phenoxy) is 2. The summed E-state index contributed by atoms with van der Waals surface area (Å²) in [4.78, 5) is 29.8. The summed E-state index contributed by atoms with van der Waals surface area (Å²) >= 11 is 0.